The largest absolute Gasteiger partial charge is 0.481 e. The topological polar surface area (TPSA) is 200 Å². The van der Waals surface area contributed by atoms with Crippen LogP contribution in [0.5, 0.6) is 11.8 Å². The Balaban J connectivity index is 1.20. The summed E-state index contributed by atoms with van der Waals surface area (Å²) in [5, 5.41) is 28.5. The van der Waals surface area contributed by atoms with Gasteiger partial charge in [-0.25, -0.2) is 23.4 Å². The molecule has 0 unspecified atom stereocenters. The molecular weight excluding hydrogens is 673 g/mol. The molecule has 0 aliphatic carbocycles. The molecule has 250 valence electrons. The smallest absolute Gasteiger partial charge is 0.415 e. The molecule has 15 nitrogen and oxygen atoms in total. The van der Waals surface area contributed by atoms with Gasteiger partial charge in [-0.2, -0.15) is 5.26 Å². The van der Waals surface area contributed by atoms with E-state index in [4.69, 9.17) is 14.5 Å². The van der Waals surface area contributed by atoms with Crippen molar-refractivity contribution >= 4 is 39.0 Å². The zero-order valence-corrected chi connectivity index (χ0v) is 27.6. The standard InChI is InChI=1S/C32H28N8O7S2/c1-45-27-13-12-22(19-34-27)35-26(41)20-48-32-36-28(21-8-4-2-5-9-21)25(18-33)29(37-32)39-16-14-23(15-17-39)46-30-31(40(42)47-38-30)49(43,44)24-10-6-3-7-11-24/h2-13,19,23H,14-17,20H2,1H3,(H,35,41). The average molecular weight is 701 g/mol. The van der Waals surface area contributed by atoms with Crippen molar-refractivity contribution in [2.75, 3.05) is 36.2 Å². The molecule has 1 aliphatic heterocycles. The fraction of sp³-hybridized carbons (Fsp3) is 0.219. The number of nitrogens with one attached hydrogen (secondary N) is 1. The van der Waals surface area contributed by atoms with Gasteiger partial charge < -0.3 is 24.9 Å². The molecule has 5 aromatic rings. The Kier molecular flexibility index (Phi) is 9.87. The summed E-state index contributed by atoms with van der Waals surface area (Å²) in [6, 6.07) is 22.2. The summed E-state index contributed by atoms with van der Waals surface area (Å²) in [5.74, 6) is 0.0812. The van der Waals surface area contributed by atoms with Gasteiger partial charge in [0.05, 0.1) is 40.5 Å². The van der Waals surface area contributed by atoms with Crippen LogP contribution in [0.15, 0.2) is 98.7 Å². The van der Waals surface area contributed by atoms with Gasteiger partial charge in [0.2, 0.25) is 11.8 Å². The first-order valence-electron chi connectivity index (χ1n) is 14.9. The summed E-state index contributed by atoms with van der Waals surface area (Å²) in [6.45, 7) is 0.741. The van der Waals surface area contributed by atoms with Crippen LogP contribution in [-0.4, -0.2) is 66.5 Å². The number of hydrogen-bond donors (Lipinski definition) is 1. The number of pyridine rings is 1. The van der Waals surface area contributed by atoms with Gasteiger partial charge in [-0.3, -0.25) is 9.42 Å². The number of hydrogen-bond acceptors (Lipinski definition) is 14. The molecule has 49 heavy (non-hydrogen) atoms. The highest BCUT2D eigenvalue weighted by molar-refractivity contribution is 7.99. The van der Waals surface area contributed by atoms with Crippen LogP contribution in [0.4, 0.5) is 11.5 Å². The second-order valence-electron chi connectivity index (χ2n) is 10.6. The number of amides is 1. The fourth-order valence-electron chi connectivity index (χ4n) is 5.10. The first-order chi connectivity index (χ1) is 23.8. The summed E-state index contributed by atoms with van der Waals surface area (Å²) in [5.41, 5.74) is 1.90. The molecule has 4 heterocycles. The van der Waals surface area contributed by atoms with Crippen molar-refractivity contribution in [3.63, 3.8) is 0 Å². The maximum absolute atomic E-state index is 13.2. The van der Waals surface area contributed by atoms with E-state index in [1.165, 1.54) is 37.6 Å². The number of nitrogens with zero attached hydrogens (tertiary/aromatic N) is 7. The molecule has 3 aromatic heterocycles. The van der Waals surface area contributed by atoms with Crippen molar-refractivity contribution < 1.29 is 32.2 Å². The van der Waals surface area contributed by atoms with Crippen molar-refractivity contribution in [3.05, 3.63) is 89.8 Å². The lowest BCUT2D eigenvalue weighted by molar-refractivity contribution is -0.832. The Hall–Kier alpha value is -5.73. The Morgan fingerprint density at radius 1 is 1.10 bits per heavy atom. The normalized spacial score (nSPS) is 13.4. The van der Waals surface area contributed by atoms with Gasteiger partial charge in [0.25, 0.3) is 9.84 Å². The van der Waals surface area contributed by atoms with Crippen LogP contribution in [0.25, 0.3) is 11.3 Å². The quantitative estimate of drug-likeness (QED) is 0.119. The lowest BCUT2D eigenvalue weighted by Gasteiger charge is -2.32. The Bertz CT molecular complexity index is 2080. The Labute approximate surface area is 285 Å². The number of methoxy groups -OCH3 is 1. The number of rotatable bonds is 11. The molecular formula is C32H28N8O7S2. The molecule has 1 aliphatic rings. The van der Waals surface area contributed by atoms with Crippen molar-refractivity contribution in [1.82, 2.24) is 20.1 Å². The SMILES string of the molecule is COc1ccc(NC(=O)CSc2nc(-c3ccccc3)c(C#N)c(N3CCC(Oc4no[n+]([O-])c4S(=O)(=O)c4ccccc4)CC3)n2)cn1. The maximum atomic E-state index is 13.2. The van der Waals surface area contributed by atoms with E-state index in [9.17, 15) is 23.7 Å². The molecule has 1 saturated heterocycles. The third kappa shape index (κ3) is 7.40. The molecule has 6 rings (SSSR count). The number of carbonyl (C=O) groups is 1. The van der Waals surface area contributed by atoms with Crippen molar-refractivity contribution in [2.24, 2.45) is 0 Å². The van der Waals surface area contributed by atoms with E-state index >= 15 is 0 Å². The van der Waals surface area contributed by atoms with E-state index in [1.807, 2.05) is 35.2 Å². The molecule has 0 bridgehead atoms. The lowest BCUT2D eigenvalue weighted by atomic mass is 10.0. The molecule has 2 aromatic carbocycles. The number of benzene rings is 2. The van der Waals surface area contributed by atoms with Gasteiger partial charge in [-0.15, -0.1) is 0 Å². The van der Waals surface area contributed by atoms with Crippen molar-refractivity contribution in [2.45, 2.75) is 34.0 Å². The number of aromatic nitrogens is 5. The van der Waals surface area contributed by atoms with Crippen LogP contribution in [0.1, 0.15) is 18.4 Å². The molecule has 0 radical (unpaired) electrons. The van der Waals surface area contributed by atoms with Gasteiger partial charge in [0.15, 0.2) is 11.0 Å². The second-order valence-corrected chi connectivity index (χ2v) is 13.4. The first kappa shape index (κ1) is 33.2. The maximum Gasteiger partial charge on any atom is 0.415 e. The monoisotopic (exact) mass is 700 g/mol. The third-order valence-corrected chi connectivity index (χ3v) is 10.0. The third-order valence-electron chi connectivity index (χ3n) is 7.46. The predicted molar refractivity (Wildman–Crippen MR) is 176 cm³/mol. The summed E-state index contributed by atoms with van der Waals surface area (Å²) in [7, 11) is -2.77. The minimum atomic E-state index is -4.27. The molecule has 1 N–H and O–H groups in total. The van der Waals surface area contributed by atoms with E-state index in [1.54, 1.807) is 18.2 Å². The highest BCUT2D eigenvalue weighted by Crippen LogP contribution is 2.33. The highest BCUT2D eigenvalue weighted by atomic mass is 32.2. The van der Waals surface area contributed by atoms with Crippen molar-refractivity contribution in [1.29, 1.82) is 5.26 Å². The average Bonchev–Trinajstić information content (AvgIpc) is 3.51. The number of anilines is 2. The number of carbonyl (C=O) groups excluding carboxylic acids is 1. The van der Waals surface area contributed by atoms with E-state index in [-0.39, 0.29) is 27.0 Å². The van der Waals surface area contributed by atoms with Crippen LogP contribution >= 0.6 is 11.8 Å². The second kappa shape index (κ2) is 14.6. The first-order valence-corrected chi connectivity index (χ1v) is 17.4. The van der Waals surface area contributed by atoms with Gasteiger partial charge in [-0.05, 0) is 23.1 Å². The van der Waals surface area contributed by atoms with E-state index in [2.05, 4.69) is 31.1 Å². The molecule has 0 atom stereocenters. The molecule has 1 fully saturated rings. The number of piperidine rings is 1. The Morgan fingerprint density at radius 3 is 2.47 bits per heavy atom. The Morgan fingerprint density at radius 2 is 1.82 bits per heavy atom. The summed E-state index contributed by atoms with van der Waals surface area (Å²) < 4.78 is 42.0. The highest BCUT2D eigenvalue weighted by Gasteiger charge is 2.38. The fourth-order valence-corrected chi connectivity index (χ4v) is 7.02. The zero-order chi connectivity index (χ0) is 34.4. The minimum Gasteiger partial charge on any atom is -0.481 e. The molecule has 17 heteroatoms. The van der Waals surface area contributed by atoms with E-state index in [0.717, 1.165) is 11.8 Å². The number of ether oxygens (including phenoxy) is 2. The summed E-state index contributed by atoms with van der Waals surface area (Å²) in [4.78, 5) is 27.9. The summed E-state index contributed by atoms with van der Waals surface area (Å²) >= 11 is 1.12. The zero-order valence-electron chi connectivity index (χ0n) is 25.9. The lowest BCUT2D eigenvalue weighted by Crippen LogP contribution is -2.39. The van der Waals surface area contributed by atoms with Crippen LogP contribution < -0.4 is 24.6 Å². The van der Waals surface area contributed by atoms with E-state index < -0.39 is 26.8 Å². The molecule has 1 amide bonds. The number of nitriles is 1. The molecule has 0 spiro atoms. The van der Waals surface area contributed by atoms with Gasteiger partial charge in [-0.1, -0.05) is 60.3 Å². The van der Waals surface area contributed by atoms with E-state index in [0.29, 0.717) is 59.7 Å². The number of thioether (sulfide) groups is 1. The predicted octanol–water partition coefficient (Wildman–Crippen LogP) is 3.65. The van der Waals surface area contributed by atoms with Crippen LogP contribution in [0, 0.1) is 16.5 Å². The van der Waals surface area contributed by atoms with Crippen LogP contribution in [0.3, 0.4) is 0 Å². The van der Waals surface area contributed by atoms with Crippen LogP contribution in [-0.2, 0) is 14.6 Å². The summed E-state index contributed by atoms with van der Waals surface area (Å²) in [6.07, 6.45) is 1.74. The minimum absolute atomic E-state index is 0.00680. The van der Waals surface area contributed by atoms with Crippen LogP contribution in [0.2, 0.25) is 0 Å². The molecule has 0 saturated carbocycles. The van der Waals surface area contributed by atoms with Gasteiger partial charge in [0, 0.05) is 37.6 Å². The van der Waals surface area contributed by atoms with Gasteiger partial charge >= 0.3 is 10.9 Å². The number of sulfone groups is 1. The van der Waals surface area contributed by atoms with Gasteiger partial charge in [0.1, 0.15) is 17.7 Å². The van der Waals surface area contributed by atoms with Crippen molar-refractivity contribution in [3.8, 4) is 29.1 Å².